The molecule has 112 valence electrons. The number of rotatable bonds is 9. The Morgan fingerprint density at radius 2 is 1.95 bits per heavy atom. The molecule has 0 saturated heterocycles. The van der Waals surface area contributed by atoms with Gasteiger partial charge in [-0.3, -0.25) is 4.79 Å². The smallest absolute Gasteiger partial charge is 0.234 e. The maximum atomic E-state index is 11.6. The van der Waals surface area contributed by atoms with E-state index in [9.17, 15) is 4.79 Å². The topological polar surface area (TPSA) is 59.6 Å². The molecular formula is C15H24N2O3. The van der Waals surface area contributed by atoms with Crippen molar-refractivity contribution in [3.05, 3.63) is 23.8 Å². The standard InChI is InChI=1S/C15H24N2O3/c1-4-5-8-16-11-15(18)17-10-12-6-7-13(19-2)14(9-12)20-3/h6-7,9,16H,4-5,8,10-11H2,1-3H3,(H,17,18). The summed E-state index contributed by atoms with van der Waals surface area (Å²) in [6.07, 6.45) is 2.21. The summed E-state index contributed by atoms with van der Waals surface area (Å²) in [5.41, 5.74) is 0.976. The predicted octanol–water partition coefficient (Wildman–Crippen LogP) is 1.71. The molecule has 0 bridgehead atoms. The average Bonchev–Trinajstić information content (AvgIpc) is 2.49. The van der Waals surface area contributed by atoms with Crippen molar-refractivity contribution < 1.29 is 14.3 Å². The summed E-state index contributed by atoms with van der Waals surface area (Å²) in [4.78, 5) is 11.6. The van der Waals surface area contributed by atoms with Crippen LogP contribution in [0.15, 0.2) is 18.2 Å². The summed E-state index contributed by atoms with van der Waals surface area (Å²) in [6.45, 7) is 3.83. The summed E-state index contributed by atoms with van der Waals surface area (Å²) in [5, 5.41) is 5.97. The average molecular weight is 280 g/mol. The second-order valence-corrected chi connectivity index (χ2v) is 4.50. The molecule has 0 aliphatic heterocycles. The Hall–Kier alpha value is -1.75. The summed E-state index contributed by atoms with van der Waals surface area (Å²) in [6, 6.07) is 5.61. The lowest BCUT2D eigenvalue weighted by atomic mass is 10.2. The molecule has 1 aromatic carbocycles. The van der Waals surface area contributed by atoms with Gasteiger partial charge in [0.05, 0.1) is 20.8 Å². The molecule has 0 saturated carbocycles. The van der Waals surface area contributed by atoms with Gasteiger partial charge in [0, 0.05) is 6.54 Å². The normalized spacial score (nSPS) is 10.2. The van der Waals surface area contributed by atoms with Crippen LogP contribution in [0.3, 0.4) is 0 Å². The quantitative estimate of drug-likeness (QED) is 0.676. The van der Waals surface area contributed by atoms with Crippen molar-refractivity contribution in [1.82, 2.24) is 10.6 Å². The van der Waals surface area contributed by atoms with Crippen LogP contribution < -0.4 is 20.1 Å². The van der Waals surface area contributed by atoms with Crippen molar-refractivity contribution >= 4 is 5.91 Å². The largest absolute Gasteiger partial charge is 0.493 e. The van der Waals surface area contributed by atoms with Crippen LogP contribution in [0.1, 0.15) is 25.3 Å². The molecule has 1 amide bonds. The molecule has 1 rings (SSSR count). The number of hydrogen-bond acceptors (Lipinski definition) is 4. The minimum absolute atomic E-state index is 0.00381. The Bertz CT molecular complexity index is 422. The summed E-state index contributed by atoms with van der Waals surface area (Å²) >= 11 is 0. The van der Waals surface area contributed by atoms with Crippen LogP contribution >= 0.6 is 0 Å². The van der Waals surface area contributed by atoms with Crippen LogP contribution in [-0.2, 0) is 11.3 Å². The molecule has 0 aromatic heterocycles. The predicted molar refractivity (Wildman–Crippen MR) is 79.2 cm³/mol. The molecule has 1 aromatic rings. The molecule has 0 spiro atoms. The van der Waals surface area contributed by atoms with E-state index in [1.807, 2.05) is 18.2 Å². The number of nitrogens with one attached hydrogen (secondary N) is 2. The van der Waals surface area contributed by atoms with Gasteiger partial charge in [0.15, 0.2) is 11.5 Å². The lowest BCUT2D eigenvalue weighted by molar-refractivity contribution is -0.120. The minimum atomic E-state index is -0.00381. The Kier molecular flexibility index (Phi) is 7.50. The monoisotopic (exact) mass is 280 g/mol. The summed E-state index contributed by atoms with van der Waals surface area (Å²) < 4.78 is 10.4. The van der Waals surface area contributed by atoms with Gasteiger partial charge in [-0.15, -0.1) is 0 Å². The van der Waals surface area contributed by atoms with Gasteiger partial charge in [0.25, 0.3) is 0 Å². The number of benzene rings is 1. The Balaban J connectivity index is 2.39. The second-order valence-electron chi connectivity index (χ2n) is 4.50. The number of amides is 1. The summed E-state index contributed by atoms with van der Waals surface area (Å²) in [5.74, 6) is 1.35. The number of carbonyl (C=O) groups is 1. The van der Waals surface area contributed by atoms with Gasteiger partial charge in [-0.25, -0.2) is 0 Å². The van der Waals surface area contributed by atoms with E-state index >= 15 is 0 Å². The van der Waals surface area contributed by atoms with E-state index < -0.39 is 0 Å². The molecule has 5 nitrogen and oxygen atoms in total. The van der Waals surface area contributed by atoms with E-state index in [0.29, 0.717) is 24.6 Å². The molecule has 0 aliphatic rings. The van der Waals surface area contributed by atoms with E-state index in [0.717, 1.165) is 24.9 Å². The molecule has 2 N–H and O–H groups in total. The molecule has 5 heteroatoms. The first-order valence-electron chi connectivity index (χ1n) is 6.89. The lowest BCUT2D eigenvalue weighted by Crippen LogP contribution is -2.33. The third-order valence-corrected chi connectivity index (χ3v) is 2.93. The van der Waals surface area contributed by atoms with Crippen molar-refractivity contribution in [2.24, 2.45) is 0 Å². The van der Waals surface area contributed by atoms with Crippen LogP contribution in [-0.4, -0.2) is 33.2 Å². The van der Waals surface area contributed by atoms with Crippen molar-refractivity contribution in [2.45, 2.75) is 26.3 Å². The first-order valence-corrected chi connectivity index (χ1v) is 6.89. The fourth-order valence-electron chi connectivity index (χ4n) is 1.76. The van der Waals surface area contributed by atoms with E-state index in [1.165, 1.54) is 0 Å². The maximum absolute atomic E-state index is 11.6. The van der Waals surface area contributed by atoms with Gasteiger partial charge in [-0.05, 0) is 30.7 Å². The molecule has 0 atom stereocenters. The van der Waals surface area contributed by atoms with Gasteiger partial charge in [-0.2, -0.15) is 0 Å². The van der Waals surface area contributed by atoms with Gasteiger partial charge < -0.3 is 20.1 Å². The fourth-order valence-corrected chi connectivity index (χ4v) is 1.76. The number of ether oxygens (including phenoxy) is 2. The van der Waals surface area contributed by atoms with E-state index in [-0.39, 0.29) is 5.91 Å². The number of unbranched alkanes of at least 4 members (excludes halogenated alkanes) is 1. The second kappa shape index (κ2) is 9.20. The first-order chi connectivity index (χ1) is 9.71. The van der Waals surface area contributed by atoms with E-state index in [2.05, 4.69) is 17.6 Å². The van der Waals surface area contributed by atoms with Crippen molar-refractivity contribution in [3.63, 3.8) is 0 Å². The van der Waals surface area contributed by atoms with Crippen molar-refractivity contribution in [1.29, 1.82) is 0 Å². The highest BCUT2D eigenvalue weighted by atomic mass is 16.5. The molecule has 0 unspecified atom stereocenters. The highest BCUT2D eigenvalue weighted by Crippen LogP contribution is 2.27. The minimum Gasteiger partial charge on any atom is -0.493 e. The Morgan fingerprint density at radius 1 is 1.20 bits per heavy atom. The summed E-state index contributed by atoms with van der Waals surface area (Å²) in [7, 11) is 3.19. The van der Waals surface area contributed by atoms with Gasteiger partial charge in [0.2, 0.25) is 5.91 Å². The first kappa shape index (κ1) is 16.3. The zero-order valence-corrected chi connectivity index (χ0v) is 12.5. The highest BCUT2D eigenvalue weighted by Gasteiger charge is 2.05. The van der Waals surface area contributed by atoms with E-state index in [4.69, 9.17) is 9.47 Å². The zero-order valence-electron chi connectivity index (χ0n) is 12.5. The number of carbonyl (C=O) groups excluding carboxylic acids is 1. The van der Waals surface area contributed by atoms with Crippen LogP contribution in [0.25, 0.3) is 0 Å². The Morgan fingerprint density at radius 3 is 2.60 bits per heavy atom. The highest BCUT2D eigenvalue weighted by molar-refractivity contribution is 5.77. The third-order valence-electron chi connectivity index (χ3n) is 2.93. The van der Waals surface area contributed by atoms with Crippen molar-refractivity contribution in [3.8, 4) is 11.5 Å². The van der Waals surface area contributed by atoms with Gasteiger partial charge in [-0.1, -0.05) is 19.4 Å². The van der Waals surface area contributed by atoms with Crippen LogP contribution in [0.4, 0.5) is 0 Å². The third kappa shape index (κ3) is 5.48. The lowest BCUT2D eigenvalue weighted by Gasteiger charge is -2.10. The van der Waals surface area contributed by atoms with Crippen molar-refractivity contribution in [2.75, 3.05) is 27.3 Å². The molecule has 0 radical (unpaired) electrons. The molecule has 0 aliphatic carbocycles. The van der Waals surface area contributed by atoms with Crippen LogP contribution in [0.2, 0.25) is 0 Å². The van der Waals surface area contributed by atoms with Crippen LogP contribution in [0.5, 0.6) is 11.5 Å². The molecule has 0 fully saturated rings. The van der Waals surface area contributed by atoms with Crippen LogP contribution in [0, 0.1) is 0 Å². The number of hydrogen-bond donors (Lipinski definition) is 2. The Labute approximate surface area is 120 Å². The van der Waals surface area contributed by atoms with Gasteiger partial charge >= 0.3 is 0 Å². The zero-order chi connectivity index (χ0) is 14.8. The SMILES string of the molecule is CCCCNCC(=O)NCc1ccc(OC)c(OC)c1. The molecule has 20 heavy (non-hydrogen) atoms. The van der Waals surface area contributed by atoms with E-state index in [1.54, 1.807) is 14.2 Å². The maximum Gasteiger partial charge on any atom is 0.234 e. The number of methoxy groups -OCH3 is 2. The molecule has 0 heterocycles. The molecular weight excluding hydrogens is 256 g/mol. The fraction of sp³-hybridized carbons (Fsp3) is 0.533. The van der Waals surface area contributed by atoms with Gasteiger partial charge in [0.1, 0.15) is 0 Å².